The topological polar surface area (TPSA) is 109 Å². The summed E-state index contributed by atoms with van der Waals surface area (Å²) in [6, 6.07) is 8.27. The average molecular weight is 493 g/mol. The van der Waals surface area contributed by atoms with Crippen molar-refractivity contribution >= 4 is 46.8 Å². The number of hydrogen-bond acceptors (Lipinski definition) is 9. The molecule has 10 heteroatoms. The first kappa shape index (κ1) is 23.6. The highest BCUT2D eigenvalue weighted by Gasteiger charge is 2.31. The number of nitrogens with two attached hydrogens (primary N) is 1. The predicted octanol–water partition coefficient (Wildman–Crippen LogP) is 3.33. The van der Waals surface area contributed by atoms with Gasteiger partial charge in [0.1, 0.15) is 11.6 Å². The van der Waals surface area contributed by atoms with Crippen molar-refractivity contribution in [2.45, 2.75) is 45.3 Å². The van der Waals surface area contributed by atoms with Crippen LogP contribution < -0.4 is 15.5 Å². The number of aliphatic hydroxyl groups is 1. The molecule has 35 heavy (non-hydrogen) atoms. The second-order valence-electron chi connectivity index (χ2n) is 9.26. The summed E-state index contributed by atoms with van der Waals surface area (Å²) in [6.45, 7) is 6.28. The summed E-state index contributed by atoms with van der Waals surface area (Å²) in [7, 11) is 0. The fraction of sp³-hybridized carbons (Fsp3) is 0.440. The van der Waals surface area contributed by atoms with Crippen molar-refractivity contribution in [3.63, 3.8) is 0 Å². The maximum atomic E-state index is 9.70. The van der Waals surface area contributed by atoms with Crippen molar-refractivity contribution in [2.75, 3.05) is 41.4 Å². The number of aliphatic hydroxyl groups excluding tert-OH is 1. The molecular weight excluding hydrogens is 460 g/mol. The molecule has 3 N–H and O–H groups in total. The van der Waals surface area contributed by atoms with Crippen LogP contribution >= 0.6 is 12.6 Å². The molecule has 1 unspecified atom stereocenters. The van der Waals surface area contributed by atoms with Crippen LogP contribution in [0.25, 0.3) is 16.6 Å². The molecule has 2 fully saturated rings. The van der Waals surface area contributed by atoms with Crippen LogP contribution in [-0.4, -0.2) is 61.7 Å². The molecule has 184 valence electrons. The lowest BCUT2D eigenvalue weighted by molar-refractivity contribution is 0.141. The van der Waals surface area contributed by atoms with Gasteiger partial charge in [-0.25, -0.2) is 14.5 Å². The normalized spacial score (nSPS) is 18.5. The maximum Gasteiger partial charge on any atom is 0.222 e. The molecule has 4 aromatic rings. The number of aryl methyl sites for hydroxylation is 2. The lowest BCUT2D eigenvalue weighted by atomic mass is 9.98. The number of aromatic nitrogens is 5. The van der Waals surface area contributed by atoms with Crippen molar-refractivity contribution in [1.82, 2.24) is 24.6 Å². The number of nitrogens with zero attached hydrogens (tertiary/aromatic N) is 7. The van der Waals surface area contributed by atoms with Gasteiger partial charge in [0.2, 0.25) is 5.95 Å². The van der Waals surface area contributed by atoms with Gasteiger partial charge in [0.05, 0.1) is 23.4 Å². The maximum absolute atomic E-state index is 9.70. The molecule has 0 saturated carbocycles. The number of nitrogen functional groups attached to an aromatic ring is 1. The lowest BCUT2D eigenvalue weighted by Crippen LogP contribution is -2.51. The van der Waals surface area contributed by atoms with Crippen molar-refractivity contribution in [1.29, 1.82) is 0 Å². The zero-order chi connectivity index (χ0) is 24.7. The largest absolute Gasteiger partial charge is 0.389 e. The highest BCUT2D eigenvalue weighted by Crippen LogP contribution is 2.38. The molecule has 0 amide bonds. The van der Waals surface area contributed by atoms with Gasteiger partial charge in [0, 0.05) is 42.8 Å². The van der Waals surface area contributed by atoms with Gasteiger partial charge in [0.25, 0.3) is 0 Å². The summed E-state index contributed by atoms with van der Waals surface area (Å²) < 4.78 is 1.87. The summed E-state index contributed by atoms with van der Waals surface area (Å²) in [5, 5.41) is 15.7. The molecule has 3 aromatic heterocycles. The van der Waals surface area contributed by atoms with Gasteiger partial charge in [-0.1, -0.05) is 12.1 Å². The molecule has 5 heterocycles. The van der Waals surface area contributed by atoms with E-state index >= 15 is 0 Å². The molecule has 1 aromatic carbocycles. The summed E-state index contributed by atoms with van der Waals surface area (Å²) in [5.41, 5.74) is 11.0. The number of piperidine rings is 1. The van der Waals surface area contributed by atoms with Crippen LogP contribution in [0.1, 0.15) is 42.1 Å². The number of fused-ring (bicyclic) bond motifs is 2. The summed E-state index contributed by atoms with van der Waals surface area (Å²) in [6.07, 6.45) is 6.68. The first-order chi connectivity index (χ1) is 17.0. The van der Waals surface area contributed by atoms with E-state index in [-0.39, 0.29) is 12.1 Å². The fourth-order valence-corrected chi connectivity index (χ4v) is 5.18. The van der Waals surface area contributed by atoms with Gasteiger partial charge in [0.15, 0.2) is 5.65 Å². The number of hydrogen-bond donors (Lipinski definition) is 3. The Morgan fingerprint density at radius 1 is 1.03 bits per heavy atom. The third-order valence-corrected chi connectivity index (χ3v) is 6.83. The van der Waals surface area contributed by atoms with E-state index in [1.807, 2.05) is 29.8 Å². The van der Waals surface area contributed by atoms with Crippen LogP contribution in [0.4, 0.5) is 17.6 Å². The van der Waals surface area contributed by atoms with Crippen LogP contribution in [0.15, 0.2) is 30.5 Å². The van der Waals surface area contributed by atoms with Crippen molar-refractivity contribution < 1.29 is 5.11 Å². The molecule has 6 rings (SSSR count). The molecule has 1 atom stereocenters. The highest BCUT2D eigenvalue weighted by atomic mass is 32.1. The van der Waals surface area contributed by atoms with Crippen LogP contribution in [-0.2, 0) is 0 Å². The Morgan fingerprint density at radius 2 is 1.83 bits per heavy atom. The lowest BCUT2D eigenvalue weighted by Gasteiger charge is -2.37. The quantitative estimate of drug-likeness (QED) is 0.374. The van der Waals surface area contributed by atoms with Gasteiger partial charge in [-0.05, 0) is 51.0 Å². The average Bonchev–Trinajstić information content (AvgIpc) is 3.25. The van der Waals surface area contributed by atoms with E-state index in [9.17, 15) is 5.11 Å². The predicted molar refractivity (Wildman–Crippen MR) is 143 cm³/mol. The van der Waals surface area contributed by atoms with Gasteiger partial charge in [-0.15, -0.1) is 0 Å². The Kier molecular flexibility index (Phi) is 6.41. The van der Waals surface area contributed by atoms with Gasteiger partial charge in [-0.2, -0.15) is 22.7 Å². The zero-order valence-corrected chi connectivity index (χ0v) is 21.3. The number of β-amino-alcohol motifs (C(OH)–C–C–N with tert-alkyl or cyclic N) is 1. The molecule has 0 aliphatic carbocycles. The highest BCUT2D eigenvalue weighted by molar-refractivity contribution is 7.79. The van der Waals surface area contributed by atoms with Crippen molar-refractivity contribution in [2.24, 2.45) is 0 Å². The van der Waals surface area contributed by atoms with Crippen LogP contribution in [0.3, 0.4) is 0 Å². The molecule has 0 bridgehead atoms. The van der Waals surface area contributed by atoms with Gasteiger partial charge in [-0.3, -0.25) is 0 Å². The summed E-state index contributed by atoms with van der Waals surface area (Å²) in [5.74, 6) is 2.10. The fourth-order valence-electron chi connectivity index (χ4n) is 5.18. The Bertz CT molecular complexity index is 1370. The standard InChI is InChI=1S/C24H28N8O.CH4S/c1-14-6-5-7-17-21(14)23(28-24(25)26-17)31-9-4-3-8-19(31)18-10-20-27-22(30-12-16(33)13-30)15(2)11-32(20)29-18;1-2/h5-7,10-11,16,19,33H,3-4,8-9,12-13H2,1-2H3,(H2,25,26,28);2H,1H3. The van der Waals surface area contributed by atoms with E-state index in [0.29, 0.717) is 19.0 Å². The monoisotopic (exact) mass is 492 g/mol. The molecule has 9 nitrogen and oxygen atoms in total. The third kappa shape index (κ3) is 4.25. The molecule has 2 aliphatic heterocycles. The Hall–Kier alpha value is -3.11. The summed E-state index contributed by atoms with van der Waals surface area (Å²) in [4.78, 5) is 18.5. The second kappa shape index (κ2) is 9.50. The number of benzene rings is 1. The minimum atomic E-state index is -0.266. The number of anilines is 3. The van der Waals surface area contributed by atoms with E-state index < -0.39 is 0 Å². The molecular formula is C25H32N8OS. The van der Waals surface area contributed by atoms with Crippen LogP contribution in [0, 0.1) is 13.8 Å². The van der Waals surface area contributed by atoms with E-state index in [1.165, 1.54) is 0 Å². The molecule has 0 spiro atoms. The van der Waals surface area contributed by atoms with Crippen molar-refractivity contribution in [3.8, 4) is 0 Å². The van der Waals surface area contributed by atoms with Crippen LogP contribution in [0.5, 0.6) is 0 Å². The Morgan fingerprint density at radius 3 is 2.60 bits per heavy atom. The van der Waals surface area contributed by atoms with E-state index in [4.69, 9.17) is 20.8 Å². The zero-order valence-electron chi connectivity index (χ0n) is 20.4. The molecule has 2 aliphatic rings. The van der Waals surface area contributed by atoms with E-state index in [2.05, 4.69) is 46.5 Å². The second-order valence-corrected chi connectivity index (χ2v) is 9.26. The van der Waals surface area contributed by atoms with Gasteiger partial charge >= 0.3 is 0 Å². The van der Waals surface area contributed by atoms with Gasteiger partial charge < -0.3 is 20.6 Å². The minimum Gasteiger partial charge on any atom is -0.389 e. The number of thiol groups is 1. The first-order valence-electron chi connectivity index (χ1n) is 12.0. The minimum absolute atomic E-state index is 0.0899. The van der Waals surface area contributed by atoms with Crippen molar-refractivity contribution in [3.05, 3.63) is 47.3 Å². The smallest absolute Gasteiger partial charge is 0.222 e. The molecule has 0 radical (unpaired) electrons. The van der Waals surface area contributed by atoms with E-state index in [1.54, 1.807) is 6.26 Å². The summed E-state index contributed by atoms with van der Waals surface area (Å²) >= 11 is 3.53. The SMILES string of the molecule is CS.Cc1cn2nc(C3CCCCN3c3nc(N)nc4cccc(C)c34)cc2nc1N1CC(O)C1. The van der Waals surface area contributed by atoms with E-state index in [0.717, 1.165) is 70.8 Å². The third-order valence-electron chi connectivity index (χ3n) is 6.83. The Balaban J connectivity index is 0.00000124. The van der Waals surface area contributed by atoms with Crippen LogP contribution in [0.2, 0.25) is 0 Å². The first-order valence-corrected chi connectivity index (χ1v) is 12.9. The molecule has 2 saturated heterocycles. The Labute approximate surface area is 210 Å². The number of rotatable bonds is 3.